The second kappa shape index (κ2) is 5.52. The zero-order valence-corrected chi connectivity index (χ0v) is 10.8. The highest BCUT2D eigenvalue weighted by molar-refractivity contribution is 6.09. The molecule has 0 radical (unpaired) electrons. The second-order valence-corrected chi connectivity index (χ2v) is 4.33. The van der Waals surface area contributed by atoms with Crippen LogP contribution in [0.3, 0.4) is 0 Å². The topological polar surface area (TPSA) is 72.2 Å². The van der Waals surface area contributed by atoms with E-state index in [0.717, 1.165) is 6.07 Å². The number of hydrogen-bond acceptors (Lipinski definition) is 3. The van der Waals surface area contributed by atoms with Crippen molar-refractivity contribution in [2.75, 3.05) is 11.1 Å². The predicted octanol–water partition coefficient (Wildman–Crippen LogP) is 2.60. The summed E-state index contributed by atoms with van der Waals surface area (Å²) < 4.78 is 13.7. The molecule has 0 bridgehead atoms. The van der Waals surface area contributed by atoms with Crippen LogP contribution >= 0.6 is 0 Å². The first kappa shape index (κ1) is 13.7. The minimum Gasteiger partial charge on any atom is -0.399 e. The van der Waals surface area contributed by atoms with Crippen molar-refractivity contribution in [3.05, 3.63) is 59.4 Å². The van der Waals surface area contributed by atoms with E-state index >= 15 is 0 Å². The van der Waals surface area contributed by atoms with Crippen molar-refractivity contribution >= 4 is 23.1 Å². The van der Waals surface area contributed by atoms with E-state index in [1.165, 1.54) is 31.2 Å². The van der Waals surface area contributed by atoms with Gasteiger partial charge in [-0.25, -0.2) is 4.39 Å². The van der Waals surface area contributed by atoms with Crippen LogP contribution in [0.5, 0.6) is 0 Å². The fourth-order valence-corrected chi connectivity index (χ4v) is 1.78. The number of hydrogen-bond donors (Lipinski definition) is 2. The summed E-state index contributed by atoms with van der Waals surface area (Å²) in [4.78, 5) is 23.0. The lowest BCUT2D eigenvalue weighted by Crippen LogP contribution is -2.07. The number of rotatable bonds is 3. The largest absolute Gasteiger partial charge is 0.399 e. The zero-order valence-electron chi connectivity index (χ0n) is 10.8. The number of benzene rings is 2. The molecule has 102 valence electrons. The van der Waals surface area contributed by atoms with E-state index in [0.29, 0.717) is 11.3 Å². The molecule has 0 spiro atoms. The van der Waals surface area contributed by atoms with Crippen LogP contribution in [0.2, 0.25) is 0 Å². The molecule has 0 aromatic heterocycles. The van der Waals surface area contributed by atoms with Crippen molar-refractivity contribution in [3.8, 4) is 0 Å². The maximum atomic E-state index is 13.7. The van der Waals surface area contributed by atoms with Crippen molar-refractivity contribution in [3.63, 3.8) is 0 Å². The van der Waals surface area contributed by atoms with Crippen LogP contribution < -0.4 is 11.1 Å². The van der Waals surface area contributed by atoms with Crippen molar-refractivity contribution in [1.82, 2.24) is 0 Å². The van der Waals surface area contributed by atoms with Gasteiger partial charge in [-0.15, -0.1) is 0 Å². The minimum atomic E-state index is -0.652. The lowest BCUT2D eigenvalue weighted by Gasteiger charge is -2.05. The predicted molar refractivity (Wildman–Crippen MR) is 75.0 cm³/mol. The molecule has 2 aromatic rings. The molecule has 0 atom stereocenters. The van der Waals surface area contributed by atoms with Gasteiger partial charge in [0.05, 0.1) is 5.56 Å². The summed E-state index contributed by atoms with van der Waals surface area (Å²) in [6, 6.07) is 10.2. The van der Waals surface area contributed by atoms with Gasteiger partial charge in [-0.1, -0.05) is 0 Å². The van der Waals surface area contributed by atoms with Gasteiger partial charge in [0.2, 0.25) is 5.91 Å². The third kappa shape index (κ3) is 3.00. The Morgan fingerprint density at radius 1 is 1.10 bits per heavy atom. The maximum Gasteiger partial charge on any atom is 0.221 e. The molecule has 0 heterocycles. The second-order valence-electron chi connectivity index (χ2n) is 4.33. The average molecular weight is 272 g/mol. The van der Waals surface area contributed by atoms with Crippen molar-refractivity contribution in [2.45, 2.75) is 6.92 Å². The molecule has 3 N–H and O–H groups in total. The van der Waals surface area contributed by atoms with Gasteiger partial charge in [-0.3, -0.25) is 9.59 Å². The number of carbonyl (C=O) groups is 2. The lowest BCUT2D eigenvalue weighted by molar-refractivity contribution is -0.114. The van der Waals surface area contributed by atoms with Crippen LogP contribution in [0, 0.1) is 5.82 Å². The van der Waals surface area contributed by atoms with Crippen molar-refractivity contribution in [1.29, 1.82) is 0 Å². The molecule has 5 heteroatoms. The third-order valence-electron chi connectivity index (χ3n) is 2.71. The van der Waals surface area contributed by atoms with E-state index in [-0.39, 0.29) is 17.2 Å². The number of halogens is 1. The Bertz CT molecular complexity index is 666. The first-order chi connectivity index (χ1) is 9.47. The molecule has 0 fully saturated rings. The number of carbonyl (C=O) groups excluding carboxylic acids is 2. The van der Waals surface area contributed by atoms with Gasteiger partial charge in [0, 0.05) is 23.9 Å². The highest BCUT2D eigenvalue weighted by Crippen LogP contribution is 2.18. The molecule has 4 nitrogen and oxygen atoms in total. The van der Waals surface area contributed by atoms with E-state index in [2.05, 4.69) is 5.32 Å². The maximum absolute atomic E-state index is 13.7. The zero-order chi connectivity index (χ0) is 14.7. The van der Waals surface area contributed by atoms with Crippen molar-refractivity contribution < 1.29 is 14.0 Å². The molecular formula is C15H13FN2O2. The molecule has 2 aromatic carbocycles. The van der Waals surface area contributed by atoms with E-state index < -0.39 is 11.6 Å². The summed E-state index contributed by atoms with van der Waals surface area (Å²) in [5, 5.41) is 2.59. The van der Waals surface area contributed by atoms with E-state index in [9.17, 15) is 14.0 Å². The summed E-state index contributed by atoms with van der Waals surface area (Å²) in [7, 11) is 0. The van der Waals surface area contributed by atoms with E-state index in [1.807, 2.05) is 0 Å². The Morgan fingerprint density at radius 2 is 1.75 bits per heavy atom. The molecular weight excluding hydrogens is 259 g/mol. The normalized spacial score (nSPS) is 10.1. The molecule has 1 amide bonds. The van der Waals surface area contributed by atoms with Crippen LogP contribution in [-0.4, -0.2) is 11.7 Å². The fourth-order valence-electron chi connectivity index (χ4n) is 1.78. The van der Waals surface area contributed by atoms with Gasteiger partial charge in [0.15, 0.2) is 5.78 Å². The lowest BCUT2D eigenvalue weighted by atomic mass is 10.0. The quantitative estimate of drug-likeness (QED) is 0.666. The Morgan fingerprint density at radius 3 is 2.30 bits per heavy atom. The number of ketones is 1. The Balaban J connectivity index is 2.27. The van der Waals surface area contributed by atoms with Crippen LogP contribution in [0.25, 0.3) is 0 Å². The fraction of sp³-hybridized carbons (Fsp3) is 0.0667. The first-order valence-electron chi connectivity index (χ1n) is 5.95. The monoisotopic (exact) mass is 272 g/mol. The van der Waals surface area contributed by atoms with Gasteiger partial charge in [-0.2, -0.15) is 0 Å². The number of amides is 1. The molecule has 0 aliphatic heterocycles. The summed E-state index contributed by atoms with van der Waals surface area (Å²) >= 11 is 0. The van der Waals surface area contributed by atoms with E-state index in [1.54, 1.807) is 12.1 Å². The molecule has 0 saturated carbocycles. The number of anilines is 2. The number of nitrogen functional groups attached to an aromatic ring is 1. The van der Waals surface area contributed by atoms with Gasteiger partial charge in [0.1, 0.15) is 5.82 Å². The summed E-state index contributed by atoms with van der Waals surface area (Å²) in [6.07, 6.45) is 0. The number of nitrogens with two attached hydrogens (primary N) is 1. The van der Waals surface area contributed by atoms with Crippen LogP contribution in [0.15, 0.2) is 42.5 Å². The summed E-state index contributed by atoms with van der Waals surface area (Å²) in [6.45, 7) is 1.39. The molecule has 2 rings (SSSR count). The summed E-state index contributed by atoms with van der Waals surface area (Å²) in [5.74, 6) is -1.29. The molecule has 0 saturated heterocycles. The van der Waals surface area contributed by atoms with Gasteiger partial charge < -0.3 is 11.1 Å². The highest BCUT2D eigenvalue weighted by Gasteiger charge is 2.14. The SMILES string of the molecule is CC(=O)Nc1ccc(C(=O)c2ccc(N)cc2F)cc1. The molecule has 0 unspecified atom stereocenters. The average Bonchev–Trinajstić information content (AvgIpc) is 2.38. The molecule has 0 aliphatic carbocycles. The highest BCUT2D eigenvalue weighted by atomic mass is 19.1. The third-order valence-corrected chi connectivity index (χ3v) is 2.71. The smallest absolute Gasteiger partial charge is 0.221 e. The molecule has 0 aliphatic rings. The van der Waals surface area contributed by atoms with Crippen LogP contribution in [-0.2, 0) is 4.79 Å². The van der Waals surface area contributed by atoms with Crippen LogP contribution in [0.1, 0.15) is 22.8 Å². The Kier molecular flexibility index (Phi) is 3.79. The minimum absolute atomic E-state index is 0.0357. The standard InChI is InChI=1S/C15H13FN2O2/c1-9(19)18-12-5-2-10(3-6-12)15(20)13-7-4-11(17)8-14(13)16/h2-8H,17H2,1H3,(H,18,19). The van der Waals surface area contributed by atoms with E-state index in [4.69, 9.17) is 5.73 Å². The molecule has 20 heavy (non-hydrogen) atoms. The van der Waals surface area contributed by atoms with Gasteiger partial charge >= 0.3 is 0 Å². The van der Waals surface area contributed by atoms with Crippen molar-refractivity contribution in [2.24, 2.45) is 0 Å². The Labute approximate surface area is 115 Å². The Hall–Kier alpha value is -2.69. The first-order valence-corrected chi connectivity index (χ1v) is 5.95. The van der Waals surface area contributed by atoms with Gasteiger partial charge in [-0.05, 0) is 42.5 Å². The number of nitrogens with one attached hydrogen (secondary N) is 1. The summed E-state index contributed by atoms with van der Waals surface area (Å²) in [5.41, 5.74) is 6.58. The van der Waals surface area contributed by atoms with Gasteiger partial charge in [0.25, 0.3) is 0 Å². The van der Waals surface area contributed by atoms with Crippen LogP contribution in [0.4, 0.5) is 15.8 Å².